The van der Waals surface area contributed by atoms with Crippen LogP contribution in [-0.2, 0) is 0 Å². The van der Waals surface area contributed by atoms with E-state index in [0.29, 0.717) is 0 Å². The Kier molecular flexibility index (Phi) is 10.7. The van der Waals surface area contributed by atoms with Gasteiger partial charge in [0.25, 0.3) is 0 Å². The molecule has 0 bridgehead atoms. The molecular weight excluding hydrogens is 508 g/mol. The van der Waals surface area contributed by atoms with Crippen molar-refractivity contribution >= 4 is 23.5 Å². The molecule has 0 radical (unpaired) electrons. The number of benzene rings is 3. The first-order chi connectivity index (χ1) is 19.4. The third-order valence-electron chi connectivity index (χ3n) is 5.31. The number of hydrogen-bond donors (Lipinski definition) is 2. The number of aromatic nitrogens is 2. The van der Waals surface area contributed by atoms with Crippen molar-refractivity contribution in [1.29, 1.82) is 0 Å². The number of carboxylic acids is 2. The molecule has 40 heavy (non-hydrogen) atoms. The summed E-state index contributed by atoms with van der Waals surface area (Å²) in [6.45, 7) is 0. The average Bonchev–Trinajstić information content (AvgIpc) is 3.02. The summed E-state index contributed by atoms with van der Waals surface area (Å²) < 4.78 is 0. The molecule has 0 saturated heterocycles. The van der Waals surface area contributed by atoms with Crippen LogP contribution in [0.1, 0.15) is 52.6 Å². The van der Waals surface area contributed by atoms with E-state index in [1.54, 1.807) is 61.2 Å². The summed E-state index contributed by atoms with van der Waals surface area (Å²) in [7, 11) is 0. The maximum atomic E-state index is 12.8. The highest BCUT2D eigenvalue weighted by Gasteiger charge is 2.26. The number of aromatic carboxylic acids is 2. The van der Waals surface area contributed by atoms with Gasteiger partial charge in [-0.15, -0.1) is 0 Å². The SMILES string of the molecule is O=C(O)c1cc(C(=O)O)c(C(=O)c2ccccc2)cc1C(=O)c1ccccc1.c1ccncc1.c1ccncc1. The maximum Gasteiger partial charge on any atom is 0.336 e. The molecule has 0 aliphatic carbocycles. The van der Waals surface area contributed by atoms with Gasteiger partial charge in [-0.2, -0.15) is 0 Å². The minimum absolute atomic E-state index is 0.228. The van der Waals surface area contributed by atoms with Crippen LogP contribution in [0.3, 0.4) is 0 Å². The van der Waals surface area contributed by atoms with Crippen LogP contribution in [0, 0.1) is 0 Å². The largest absolute Gasteiger partial charge is 0.478 e. The minimum Gasteiger partial charge on any atom is -0.478 e. The number of hydrogen-bond acceptors (Lipinski definition) is 6. The van der Waals surface area contributed by atoms with E-state index in [-0.39, 0.29) is 22.3 Å². The van der Waals surface area contributed by atoms with Crippen LogP contribution in [0.15, 0.2) is 134 Å². The quantitative estimate of drug-likeness (QED) is 0.266. The molecule has 0 unspecified atom stereocenters. The summed E-state index contributed by atoms with van der Waals surface area (Å²) in [5.41, 5.74) is -0.991. The van der Waals surface area contributed by atoms with Gasteiger partial charge in [-0.25, -0.2) is 9.59 Å². The lowest BCUT2D eigenvalue weighted by Crippen LogP contribution is -2.17. The smallest absolute Gasteiger partial charge is 0.336 e. The summed E-state index contributed by atoms with van der Waals surface area (Å²) in [4.78, 5) is 56.6. The lowest BCUT2D eigenvalue weighted by Gasteiger charge is -2.12. The molecule has 8 nitrogen and oxygen atoms in total. The van der Waals surface area contributed by atoms with E-state index in [1.807, 2.05) is 36.4 Å². The lowest BCUT2D eigenvalue weighted by molar-refractivity contribution is 0.0690. The molecule has 0 saturated carbocycles. The van der Waals surface area contributed by atoms with E-state index in [2.05, 4.69) is 9.97 Å². The van der Waals surface area contributed by atoms with Gasteiger partial charge in [0.1, 0.15) is 0 Å². The van der Waals surface area contributed by atoms with Crippen molar-refractivity contribution in [2.24, 2.45) is 0 Å². The van der Waals surface area contributed by atoms with Gasteiger partial charge in [-0.05, 0) is 36.4 Å². The minimum atomic E-state index is -1.46. The van der Waals surface area contributed by atoms with Crippen LogP contribution in [0.25, 0.3) is 0 Å². The van der Waals surface area contributed by atoms with Crippen LogP contribution in [-0.4, -0.2) is 43.7 Å². The van der Waals surface area contributed by atoms with E-state index < -0.39 is 34.6 Å². The van der Waals surface area contributed by atoms with Crippen molar-refractivity contribution in [3.63, 3.8) is 0 Å². The summed E-state index contributed by atoms with van der Waals surface area (Å²) in [5, 5.41) is 19.0. The van der Waals surface area contributed by atoms with E-state index in [9.17, 15) is 29.4 Å². The Morgan fingerprint density at radius 2 is 0.725 bits per heavy atom. The highest BCUT2D eigenvalue weighted by molar-refractivity contribution is 6.19. The Morgan fingerprint density at radius 1 is 0.425 bits per heavy atom. The Hall–Kier alpha value is -5.76. The zero-order valence-corrected chi connectivity index (χ0v) is 21.1. The predicted octanol–water partition coefficient (Wildman–Crippen LogP) is 5.71. The molecule has 0 amide bonds. The topological polar surface area (TPSA) is 135 Å². The number of nitrogens with zero attached hydrogens (tertiary/aromatic N) is 2. The second-order valence-corrected chi connectivity index (χ2v) is 7.99. The summed E-state index contributed by atoms with van der Waals surface area (Å²) in [6.07, 6.45) is 7.00. The second kappa shape index (κ2) is 14.8. The Balaban J connectivity index is 0.000000300. The fourth-order valence-electron chi connectivity index (χ4n) is 3.44. The molecular formula is C32H24N2O6. The molecule has 2 heterocycles. The summed E-state index contributed by atoms with van der Waals surface area (Å²) in [5.74, 6) is -4.14. The summed E-state index contributed by atoms with van der Waals surface area (Å²) in [6, 6.07) is 29.3. The number of pyridine rings is 2. The molecule has 0 fully saturated rings. The molecule has 8 heteroatoms. The number of carboxylic acid groups (broad SMARTS) is 2. The fourth-order valence-corrected chi connectivity index (χ4v) is 3.44. The third-order valence-corrected chi connectivity index (χ3v) is 5.31. The average molecular weight is 533 g/mol. The van der Waals surface area contributed by atoms with Gasteiger partial charge in [-0.1, -0.05) is 72.8 Å². The second-order valence-electron chi connectivity index (χ2n) is 7.99. The number of carbonyl (C=O) groups is 4. The van der Waals surface area contributed by atoms with Crippen LogP contribution < -0.4 is 0 Å². The molecule has 0 spiro atoms. The number of carbonyl (C=O) groups excluding carboxylic acids is 2. The first-order valence-electron chi connectivity index (χ1n) is 11.9. The van der Waals surface area contributed by atoms with Crippen molar-refractivity contribution in [2.75, 3.05) is 0 Å². The number of ketones is 2. The molecule has 0 atom stereocenters. The molecule has 5 aromatic rings. The third kappa shape index (κ3) is 8.12. The van der Waals surface area contributed by atoms with E-state index in [4.69, 9.17) is 0 Å². The Labute approximate surface area is 230 Å². The van der Waals surface area contributed by atoms with Crippen molar-refractivity contribution in [3.8, 4) is 0 Å². The molecule has 0 aliphatic rings. The molecule has 2 N–H and O–H groups in total. The fraction of sp³-hybridized carbons (Fsp3) is 0. The zero-order chi connectivity index (χ0) is 28.7. The van der Waals surface area contributed by atoms with Gasteiger partial charge >= 0.3 is 11.9 Å². The molecule has 0 aliphatic heterocycles. The monoisotopic (exact) mass is 532 g/mol. The Bertz CT molecular complexity index is 1390. The van der Waals surface area contributed by atoms with Gasteiger partial charge in [0.05, 0.1) is 11.1 Å². The summed E-state index contributed by atoms with van der Waals surface area (Å²) >= 11 is 0. The first kappa shape index (κ1) is 28.8. The van der Waals surface area contributed by atoms with Crippen LogP contribution in [0.2, 0.25) is 0 Å². The number of rotatable bonds is 6. The van der Waals surface area contributed by atoms with Crippen LogP contribution in [0.5, 0.6) is 0 Å². The van der Waals surface area contributed by atoms with Crippen molar-refractivity contribution < 1.29 is 29.4 Å². The molecule has 5 rings (SSSR count). The first-order valence-corrected chi connectivity index (χ1v) is 11.9. The van der Waals surface area contributed by atoms with Crippen LogP contribution in [0.4, 0.5) is 0 Å². The van der Waals surface area contributed by atoms with E-state index in [1.165, 1.54) is 24.3 Å². The Morgan fingerprint density at radius 3 is 0.975 bits per heavy atom. The zero-order valence-electron chi connectivity index (χ0n) is 21.1. The molecule has 198 valence electrons. The molecule has 3 aromatic carbocycles. The lowest BCUT2D eigenvalue weighted by atomic mass is 9.90. The predicted molar refractivity (Wildman–Crippen MR) is 149 cm³/mol. The van der Waals surface area contributed by atoms with Crippen LogP contribution >= 0.6 is 0 Å². The van der Waals surface area contributed by atoms with Gasteiger partial charge in [-0.3, -0.25) is 19.6 Å². The van der Waals surface area contributed by atoms with Gasteiger partial charge in [0.15, 0.2) is 11.6 Å². The van der Waals surface area contributed by atoms with E-state index >= 15 is 0 Å². The molecule has 2 aromatic heterocycles. The highest BCUT2D eigenvalue weighted by atomic mass is 16.4. The standard InChI is InChI=1S/C22H14O6.2C5H5N/c23-19(13-7-3-1-4-8-13)15-11-16(20(24)14-9-5-2-6-10-14)18(22(27)28)12-17(15)21(25)26;2*1-2-4-6-5-3-1/h1-12H,(H,25,26)(H,27,28);2*1-5H. The van der Waals surface area contributed by atoms with Gasteiger partial charge < -0.3 is 10.2 Å². The highest BCUT2D eigenvalue weighted by Crippen LogP contribution is 2.23. The van der Waals surface area contributed by atoms with Crippen molar-refractivity contribution in [3.05, 3.63) is 167 Å². The van der Waals surface area contributed by atoms with Crippen molar-refractivity contribution in [2.45, 2.75) is 0 Å². The maximum absolute atomic E-state index is 12.8. The van der Waals surface area contributed by atoms with Gasteiger partial charge in [0, 0.05) is 47.0 Å². The van der Waals surface area contributed by atoms with Crippen molar-refractivity contribution in [1.82, 2.24) is 9.97 Å². The van der Waals surface area contributed by atoms with Gasteiger partial charge in [0.2, 0.25) is 0 Å². The normalized spacial score (nSPS) is 9.60. The van der Waals surface area contributed by atoms with E-state index in [0.717, 1.165) is 12.1 Å².